The van der Waals surface area contributed by atoms with E-state index in [4.69, 9.17) is 4.74 Å². The number of hydrogen-bond donors (Lipinski definition) is 0. The number of ketones is 1. The van der Waals surface area contributed by atoms with Gasteiger partial charge in [-0.3, -0.25) is 9.36 Å². The van der Waals surface area contributed by atoms with Gasteiger partial charge in [0.2, 0.25) is 10.0 Å². The summed E-state index contributed by atoms with van der Waals surface area (Å²) in [5.41, 5.74) is 0.0640. The lowest BCUT2D eigenvalue weighted by atomic mass is 9.99. The topological polar surface area (TPSA) is 104 Å². The predicted octanol–water partition coefficient (Wildman–Crippen LogP) is 0.612. The third-order valence-electron chi connectivity index (χ3n) is 5.00. The molecule has 0 saturated carbocycles. The largest absolute Gasteiger partial charge is 0.497 e. The van der Waals surface area contributed by atoms with Crippen molar-refractivity contribution in [3.05, 3.63) is 46.1 Å². The van der Waals surface area contributed by atoms with Gasteiger partial charge in [0.15, 0.2) is 5.78 Å². The number of piperidine rings is 1. The summed E-state index contributed by atoms with van der Waals surface area (Å²) < 4.78 is 32.7. The van der Waals surface area contributed by atoms with Gasteiger partial charge in [-0.2, -0.15) is 5.10 Å². The van der Waals surface area contributed by atoms with Crippen molar-refractivity contribution in [1.29, 1.82) is 0 Å². The molecular formula is C18H24N4O5S. The number of carbonyl (C=O) groups excluding carboxylic acids is 1. The standard InChI is InChI=1S/C18H24N4O5S/c1-20-17(14-5-4-10-21(11-14)28(3,25)26)19-22(18(20)24)12-16(23)13-6-8-15(27-2)9-7-13/h6-9,14H,4-5,10-12H2,1-3H3. The van der Waals surface area contributed by atoms with Gasteiger partial charge in [-0.15, -0.1) is 0 Å². The number of methoxy groups -OCH3 is 1. The highest BCUT2D eigenvalue weighted by Crippen LogP contribution is 2.26. The molecule has 0 amide bonds. The molecule has 2 heterocycles. The van der Waals surface area contributed by atoms with Crippen LogP contribution in [0, 0.1) is 0 Å². The lowest BCUT2D eigenvalue weighted by Crippen LogP contribution is -2.39. The van der Waals surface area contributed by atoms with Gasteiger partial charge in [0.1, 0.15) is 18.1 Å². The quantitative estimate of drug-likeness (QED) is 0.649. The molecule has 10 heteroatoms. The van der Waals surface area contributed by atoms with Crippen LogP contribution in [-0.2, 0) is 23.6 Å². The fourth-order valence-corrected chi connectivity index (χ4v) is 4.33. The number of sulfonamides is 1. The van der Waals surface area contributed by atoms with Crippen LogP contribution in [0.3, 0.4) is 0 Å². The maximum atomic E-state index is 12.5. The van der Waals surface area contributed by atoms with Crippen LogP contribution < -0.4 is 10.4 Å². The molecule has 0 aliphatic carbocycles. The van der Waals surface area contributed by atoms with Crippen LogP contribution in [0.5, 0.6) is 5.75 Å². The highest BCUT2D eigenvalue weighted by Gasteiger charge is 2.30. The number of nitrogens with zero attached hydrogens (tertiary/aromatic N) is 4. The van der Waals surface area contributed by atoms with E-state index in [0.717, 1.165) is 11.1 Å². The molecule has 1 aliphatic rings. The van der Waals surface area contributed by atoms with Crippen LogP contribution >= 0.6 is 0 Å². The molecule has 152 valence electrons. The van der Waals surface area contributed by atoms with E-state index in [0.29, 0.717) is 30.1 Å². The number of benzene rings is 1. The minimum atomic E-state index is -3.30. The van der Waals surface area contributed by atoms with E-state index < -0.39 is 15.7 Å². The Hall–Kier alpha value is -2.46. The summed E-state index contributed by atoms with van der Waals surface area (Å²) in [6.45, 7) is 0.580. The summed E-state index contributed by atoms with van der Waals surface area (Å²) in [4.78, 5) is 25.0. The Balaban J connectivity index is 1.81. The lowest BCUT2D eigenvalue weighted by Gasteiger charge is -2.30. The van der Waals surface area contributed by atoms with E-state index >= 15 is 0 Å². The Morgan fingerprint density at radius 1 is 1.29 bits per heavy atom. The van der Waals surface area contributed by atoms with Gasteiger partial charge in [-0.05, 0) is 37.1 Å². The molecule has 0 N–H and O–H groups in total. The third-order valence-corrected chi connectivity index (χ3v) is 6.27. The third kappa shape index (κ3) is 4.17. The lowest BCUT2D eigenvalue weighted by molar-refractivity contribution is 0.0966. The number of Topliss-reactive ketones (excluding diaryl/α,β-unsaturated/α-hetero) is 1. The average Bonchev–Trinajstić information content (AvgIpc) is 2.96. The summed E-state index contributed by atoms with van der Waals surface area (Å²) >= 11 is 0. The first-order valence-corrected chi connectivity index (χ1v) is 10.8. The Morgan fingerprint density at radius 3 is 2.57 bits per heavy atom. The highest BCUT2D eigenvalue weighted by molar-refractivity contribution is 7.88. The summed E-state index contributed by atoms with van der Waals surface area (Å²) in [7, 11) is -0.157. The van der Waals surface area contributed by atoms with Crippen LogP contribution in [0.2, 0.25) is 0 Å². The van der Waals surface area contributed by atoms with Crippen molar-refractivity contribution < 1.29 is 17.9 Å². The molecule has 1 fully saturated rings. The molecule has 3 rings (SSSR count). The number of rotatable bonds is 6. The second-order valence-corrected chi connectivity index (χ2v) is 8.95. The van der Waals surface area contributed by atoms with Gasteiger partial charge in [0.05, 0.1) is 13.4 Å². The van der Waals surface area contributed by atoms with E-state index in [9.17, 15) is 18.0 Å². The summed E-state index contributed by atoms with van der Waals surface area (Å²) in [5, 5.41) is 4.35. The Labute approximate surface area is 163 Å². The number of ether oxygens (including phenoxy) is 1. The molecule has 1 unspecified atom stereocenters. The normalized spacial score (nSPS) is 18.2. The fraction of sp³-hybridized carbons (Fsp3) is 0.500. The molecule has 9 nitrogen and oxygen atoms in total. The minimum Gasteiger partial charge on any atom is -0.497 e. The molecule has 1 atom stereocenters. The van der Waals surface area contributed by atoms with Crippen molar-refractivity contribution in [3.8, 4) is 5.75 Å². The first kappa shape index (κ1) is 20.3. The van der Waals surface area contributed by atoms with E-state index in [-0.39, 0.29) is 24.8 Å². The molecule has 0 radical (unpaired) electrons. The Kier molecular flexibility index (Phi) is 5.71. The molecule has 28 heavy (non-hydrogen) atoms. The summed E-state index contributed by atoms with van der Waals surface area (Å²) in [6.07, 6.45) is 2.62. The fourth-order valence-electron chi connectivity index (χ4n) is 3.42. The van der Waals surface area contributed by atoms with Gasteiger partial charge in [0, 0.05) is 31.6 Å². The number of hydrogen-bond acceptors (Lipinski definition) is 6. The van der Waals surface area contributed by atoms with E-state index in [1.807, 2.05) is 0 Å². The molecule has 0 spiro atoms. The zero-order valence-electron chi connectivity index (χ0n) is 16.2. The van der Waals surface area contributed by atoms with Crippen molar-refractivity contribution in [3.63, 3.8) is 0 Å². The maximum absolute atomic E-state index is 12.5. The van der Waals surface area contributed by atoms with Crippen LogP contribution in [0.15, 0.2) is 29.1 Å². The van der Waals surface area contributed by atoms with E-state index in [2.05, 4.69) is 5.10 Å². The van der Waals surface area contributed by atoms with Crippen molar-refractivity contribution >= 4 is 15.8 Å². The zero-order chi connectivity index (χ0) is 20.5. The van der Waals surface area contributed by atoms with Crippen LogP contribution in [0.1, 0.15) is 34.9 Å². The smallest absolute Gasteiger partial charge is 0.346 e. The van der Waals surface area contributed by atoms with Crippen LogP contribution in [0.25, 0.3) is 0 Å². The summed E-state index contributed by atoms with van der Waals surface area (Å²) in [6, 6.07) is 6.64. The van der Waals surface area contributed by atoms with Gasteiger partial charge in [-0.25, -0.2) is 22.2 Å². The van der Waals surface area contributed by atoms with Crippen molar-refractivity contribution in [1.82, 2.24) is 18.7 Å². The van der Waals surface area contributed by atoms with Gasteiger partial charge < -0.3 is 4.74 Å². The zero-order valence-corrected chi connectivity index (χ0v) is 17.0. The molecule has 1 aromatic carbocycles. The molecule has 1 aromatic heterocycles. The Bertz CT molecular complexity index is 1020. The molecule has 1 aliphatic heterocycles. The molecular weight excluding hydrogens is 384 g/mol. The van der Waals surface area contributed by atoms with E-state index in [1.54, 1.807) is 38.4 Å². The Morgan fingerprint density at radius 2 is 1.96 bits per heavy atom. The minimum absolute atomic E-state index is 0.179. The average molecular weight is 408 g/mol. The van der Waals surface area contributed by atoms with Crippen LogP contribution in [-0.4, -0.2) is 59.3 Å². The molecule has 2 aromatic rings. The van der Waals surface area contributed by atoms with Crippen LogP contribution in [0.4, 0.5) is 0 Å². The van der Waals surface area contributed by atoms with Crippen molar-refractivity contribution in [2.75, 3.05) is 26.5 Å². The number of aromatic nitrogens is 3. The van der Waals surface area contributed by atoms with Gasteiger partial charge >= 0.3 is 5.69 Å². The maximum Gasteiger partial charge on any atom is 0.346 e. The van der Waals surface area contributed by atoms with Gasteiger partial charge in [0.25, 0.3) is 0 Å². The SMILES string of the molecule is COc1ccc(C(=O)Cn2nc(C3CCCN(S(C)(=O)=O)C3)n(C)c2=O)cc1. The molecule has 1 saturated heterocycles. The molecule has 0 bridgehead atoms. The second kappa shape index (κ2) is 7.88. The summed E-state index contributed by atoms with van der Waals surface area (Å²) in [5.74, 6) is 0.719. The van der Waals surface area contributed by atoms with Gasteiger partial charge in [-0.1, -0.05) is 0 Å². The second-order valence-electron chi connectivity index (χ2n) is 6.97. The number of carbonyl (C=O) groups is 1. The first-order valence-electron chi connectivity index (χ1n) is 8.97. The van der Waals surface area contributed by atoms with E-state index in [1.165, 1.54) is 15.1 Å². The monoisotopic (exact) mass is 408 g/mol. The van der Waals surface area contributed by atoms with Crippen molar-refractivity contribution in [2.24, 2.45) is 7.05 Å². The van der Waals surface area contributed by atoms with Crippen molar-refractivity contribution in [2.45, 2.75) is 25.3 Å². The highest BCUT2D eigenvalue weighted by atomic mass is 32.2. The first-order chi connectivity index (χ1) is 13.2. The predicted molar refractivity (Wildman–Crippen MR) is 103 cm³/mol.